The number of morpholine rings is 1. The lowest BCUT2D eigenvalue weighted by molar-refractivity contribution is -0.135. The van der Waals surface area contributed by atoms with Crippen LogP contribution in [0.5, 0.6) is 11.5 Å². The molecule has 1 saturated heterocycles. The summed E-state index contributed by atoms with van der Waals surface area (Å²) >= 11 is 1.36. The Hall–Kier alpha value is -2.65. The molecular weight excluding hydrogens is 382 g/mol. The number of likely N-dealkylation sites (N-methyl/N-ethyl adjacent to an activating group) is 1. The van der Waals surface area contributed by atoms with Gasteiger partial charge in [0.2, 0.25) is 5.91 Å². The minimum atomic E-state index is -0.287. The number of nitrogens with zero attached hydrogens (tertiary/aromatic N) is 3. The van der Waals surface area contributed by atoms with Crippen LogP contribution in [0.4, 0.5) is 0 Å². The first-order chi connectivity index (χ1) is 13.5. The van der Waals surface area contributed by atoms with Gasteiger partial charge in [0.05, 0.1) is 34.0 Å². The standard InChI is InChI=1S/C19H23N3O5S/c1-21(11-17(23)22-6-8-27-9-7-22)19(24)14-12-28-18(20-14)13-4-5-15(25-2)16(10-13)26-3/h4-5,10,12H,6-9,11H2,1-3H3. The molecule has 28 heavy (non-hydrogen) atoms. The van der Waals surface area contributed by atoms with Crippen LogP contribution in [0.15, 0.2) is 23.6 Å². The van der Waals surface area contributed by atoms with Crippen LogP contribution in [0.2, 0.25) is 0 Å². The van der Waals surface area contributed by atoms with E-state index >= 15 is 0 Å². The van der Waals surface area contributed by atoms with Crippen molar-refractivity contribution in [3.8, 4) is 22.1 Å². The number of carbonyl (C=O) groups is 2. The number of rotatable bonds is 6. The molecular formula is C19H23N3O5S. The number of aromatic nitrogens is 1. The quantitative estimate of drug-likeness (QED) is 0.729. The maximum absolute atomic E-state index is 12.7. The second-order valence-corrected chi connectivity index (χ2v) is 7.12. The normalized spacial score (nSPS) is 13.9. The number of benzene rings is 1. The zero-order valence-electron chi connectivity index (χ0n) is 16.1. The zero-order valence-corrected chi connectivity index (χ0v) is 17.0. The molecule has 3 rings (SSSR count). The number of hydrogen-bond donors (Lipinski definition) is 0. The maximum Gasteiger partial charge on any atom is 0.273 e. The Labute approximate surface area is 167 Å². The fourth-order valence-corrected chi connectivity index (χ4v) is 3.65. The van der Waals surface area contributed by atoms with Gasteiger partial charge in [0.1, 0.15) is 10.7 Å². The lowest BCUT2D eigenvalue weighted by Crippen LogP contribution is -2.46. The Balaban J connectivity index is 1.68. The van der Waals surface area contributed by atoms with Crippen molar-refractivity contribution in [2.75, 3.05) is 54.1 Å². The van der Waals surface area contributed by atoms with Crippen LogP contribution in [0.25, 0.3) is 10.6 Å². The van der Waals surface area contributed by atoms with E-state index < -0.39 is 0 Å². The van der Waals surface area contributed by atoms with Crippen LogP contribution >= 0.6 is 11.3 Å². The maximum atomic E-state index is 12.7. The van der Waals surface area contributed by atoms with Gasteiger partial charge in [-0.05, 0) is 18.2 Å². The molecule has 0 atom stereocenters. The van der Waals surface area contributed by atoms with Crippen LogP contribution in [0.1, 0.15) is 10.5 Å². The second kappa shape index (κ2) is 9.03. The van der Waals surface area contributed by atoms with E-state index in [9.17, 15) is 9.59 Å². The fourth-order valence-electron chi connectivity index (χ4n) is 2.86. The highest BCUT2D eigenvalue weighted by Gasteiger charge is 2.22. The van der Waals surface area contributed by atoms with Gasteiger partial charge in [0.25, 0.3) is 5.91 Å². The Kier molecular flexibility index (Phi) is 6.48. The van der Waals surface area contributed by atoms with Gasteiger partial charge in [-0.1, -0.05) is 0 Å². The third kappa shape index (κ3) is 4.42. The Bertz CT molecular complexity index is 848. The third-order valence-electron chi connectivity index (χ3n) is 4.44. The third-order valence-corrected chi connectivity index (χ3v) is 5.33. The zero-order chi connectivity index (χ0) is 20.1. The molecule has 2 heterocycles. The number of amides is 2. The predicted molar refractivity (Wildman–Crippen MR) is 105 cm³/mol. The van der Waals surface area contributed by atoms with E-state index in [1.54, 1.807) is 37.6 Å². The van der Waals surface area contributed by atoms with Gasteiger partial charge >= 0.3 is 0 Å². The van der Waals surface area contributed by atoms with Gasteiger partial charge in [-0.15, -0.1) is 11.3 Å². The van der Waals surface area contributed by atoms with Crippen molar-refractivity contribution < 1.29 is 23.8 Å². The van der Waals surface area contributed by atoms with Crippen LogP contribution in [0, 0.1) is 0 Å². The summed E-state index contributed by atoms with van der Waals surface area (Å²) in [5, 5.41) is 2.39. The van der Waals surface area contributed by atoms with Crippen molar-refractivity contribution in [1.82, 2.24) is 14.8 Å². The topological polar surface area (TPSA) is 81.2 Å². The summed E-state index contributed by atoms with van der Waals surface area (Å²) in [5.41, 5.74) is 1.14. The molecule has 1 aliphatic heterocycles. The highest BCUT2D eigenvalue weighted by Crippen LogP contribution is 2.33. The van der Waals surface area contributed by atoms with Crippen LogP contribution in [0.3, 0.4) is 0 Å². The largest absolute Gasteiger partial charge is 0.493 e. The van der Waals surface area contributed by atoms with E-state index in [0.717, 1.165) is 5.56 Å². The molecule has 1 aromatic carbocycles. The summed E-state index contributed by atoms with van der Waals surface area (Å²) in [6.45, 7) is 2.19. The number of methoxy groups -OCH3 is 2. The highest BCUT2D eigenvalue weighted by molar-refractivity contribution is 7.13. The monoisotopic (exact) mass is 405 g/mol. The lowest BCUT2D eigenvalue weighted by atomic mass is 10.2. The molecule has 0 N–H and O–H groups in total. The molecule has 0 aliphatic carbocycles. The molecule has 8 nitrogen and oxygen atoms in total. The smallest absolute Gasteiger partial charge is 0.273 e. The van der Waals surface area contributed by atoms with Gasteiger partial charge in [0.15, 0.2) is 11.5 Å². The summed E-state index contributed by atoms with van der Waals surface area (Å²) in [5.74, 6) is 0.843. The summed E-state index contributed by atoms with van der Waals surface area (Å²) in [6, 6.07) is 5.47. The SMILES string of the molecule is COc1ccc(-c2nc(C(=O)N(C)CC(=O)N3CCOCC3)cs2)cc1OC. The fraction of sp³-hybridized carbons (Fsp3) is 0.421. The van der Waals surface area contributed by atoms with Crippen molar-refractivity contribution in [2.24, 2.45) is 0 Å². The number of thiazole rings is 1. The first-order valence-electron chi connectivity index (χ1n) is 8.82. The van der Waals surface area contributed by atoms with Gasteiger partial charge in [-0.3, -0.25) is 9.59 Å². The molecule has 0 spiro atoms. The number of hydrogen-bond acceptors (Lipinski definition) is 7. The minimum Gasteiger partial charge on any atom is -0.493 e. The molecule has 0 saturated carbocycles. The van der Waals surface area contributed by atoms with Crippen LogP contribution < -0.4 is 9.47 Å². The minimum absolute atomic E-state index is 0.0159. The van der Waals surface area contributed by atoms with Crippen molar-refractivity contribution in [1.29, 1.82) is 0 Å². The molecule has 2 aromatic rings. The molecule has 1 aliphatic rings. The van der Waals surface area contributed by atoms with Crippen molar-refractivity contribution in [2.45, 2.75) is 0 Å². The van der Waals surface area contributed by atoms with E-state index in [1.165, 1.54) is 16.2 Å². The first kappa shape index (κ1) is 20.1. The molecule has 0 bridgehead atoms. The van der Waals surface area contributed by atoms with E-state index in [2.05, 4.69) is 4.98 Å². The van der Waals surface area contributed by atoms with E-state index in [-0.39, 0.29) is 18.4 Å². The molecule has 0 unspecified atom stereocenters. The van der Waals surface area contributed by atoms with Crippen LogP contribution in [-0.2, 0) is 9.53 Å². The highest BCUT2D eigenvalue weighted by atomic mass is 32.1. The molecule has 1 aromatic heterocycles. The van der Waals surface area contributed by atoms with Crippen molar-refractivity contribution >= 4 is 23.2 Å². The van der Waals surface area contributed by atoms with Crippen molar-refractivity contribution in [3.05, 3.63) is 29.3 Å². The Morgan fingerprint density at radius 3 is 2.61 bits per heavy atom. The summed E-state index contributed by atoms with van der Waals surface area (Å²) in [6.07, 6.45) is 0. The average Bonchev–Trinajstić information content (AvgIpc) is 3.23. The van der Waals surface area contributed by atoms with E-state index in [0.29, 0.717) is 48.5 Å². The summed E-state index contributed by atoms with van der Waals surface area (Å²) in [7, 11) is 4.75. The molecule has 2 amide bonds. The summed E-state index contributed by atoms with van der Waals surface area (Å²) in [4.78, 5) is 32.5. The second-order valence-electron chi connectivity index (χ2n) is 6.26. The number of ether oxygens (including phenoxy) is 3. The van der Waals surface area contributed by atoms with Gasteiger partial charge in [0, 0.05) is 31.1 Å². The predicted octanol–water partition coefficient (Wildman–Crippen LogP) is 1.76. The van der Waals surface area contributed by atoms with Crippen molar-refractivity contribution in [3.63, 3.8) is 0 Å². The summed E-state index contributed by atoms with van der Waals surface area (Å²) < 4.78 is 15.8. The molecule has 0 radical (unpaired) electrons. The van der Waals surface area contributed by atoms with Gasteiger partial charge < -0.3 is 24.0 Å². The molecule has 150 valence electrons. The molecule has 1 fully saturated rings. The van der Waals surface area contributed by atoms with E-state index in [4.69, 9.17) is 14.2 Å². The average molecular weight is 405 g/mol. The van der Waals surface area contributed by atoms with E-state index in [1.807, 2.05) is 12.1 Å². The molecule has 9 heteroatoms. The lowest BCUT2D eigenvalue weighted by Gasteiger charge is -2.28. The van der Waals surface area contributed by atoms with Crippen LogP contribution in [-0.4, -0.2) is 80.7 Å². The van der Waals surface area contributed by atoms with Gasteiger partial charge in [-0.25, -0.2) is 4.98 Å². The number of carbonyl (C=O) groups excluding carboxylic acids is 2. The Morgan fingerprint density at radius 2 is 1.93 bits per heavy atom. The first-order valence-corrected chi connectivity index (χ1v) is 9.70. The Morgan fingerprint density at radius 1 is 1.21 bits per heavy atom. The van der Waals surface area contributed by atoms with Gasteiger partial charge in [-0.2, -0.15) is 0 Å².